The number of imidazole rings is 1. The largest absolute Gasteiger partial charge is 0.450 e. The molecule has 2 N–H and O–H groups in total. The van der Waals surface area contributed by atoms with E-state index < -0.39 is 8.07 Å². The first-order valence-corrected chi connectivity index (χ1v) is 15.6. The van der Waals surface area contributed by atoms with Gasteiger partial charge in [-0.1, -0.05) is 55.7 Å². The summed E-state index contributed by atoms with van der Waals surface area (Å²) < 4.78 is 5.75. The molecule has 1 atom stereocenters. The van der Waals surface area contributed by atoms with E-state index in [0.29, 0.717) is 0 Å². The number of carbonyl (C=O) groups excluding carboxylic acids is 1. The molecule has 31 heavy (non-hydrogen) atoms. The van der Waals surface area contributed by atoms with Crippen LogP contribution < -0.4 is 5.32 Å². The highest BCUT2D eigenvalue weighted by atomic mass is 32.2. The maximum absolute atomic E-state index is 12.8. The number of para-hydroxylation sites is 2. The third-order valence-corrected chi connectivity index (χ3v) is 9.56. The van der Waals surface area contributed by atoms with Crippen LogP contribution in [-0.4, -0.2) is 29.9 Å². The molecule has 4 rings (SSSR count). The number of nitrogens with one attached hydrogen (secondary N) is 2. The van der Waals surface area contributed by atoms with E-state index in [1.165, 1.54) is 17.5 Å². The summed E-state index contributed by atoms with van der Waals surface area (Å²) in [4.78, 5) is 20.8. The Morgan fingerprint density at radius 2 is 1.97 bits per heavy atom. The van der Waals surface area contributed by atoms with Crippen LogP contribution in [0.3, 0.4) is 0 Å². The highest BCUT2D eigenvalue weighted by molar-refractivity contribution is 7.98. The van der Waals surface area contributed by atoms with Crippen molar-refractivity contribution in [2.24, 2.45) is 0 Å². The standard InChI is InChI=1S/C24H31N3O2SSi/c1-16(31(2,3)4)29-24(28)27-22-18(14-13-17-9-5-6-10-19(17)22)15-30-23-25-20-11-7-8-12-21(20)26-23/h7-8,11-14,16H,5-6,9-10,15H2,1-4H3,(H,25,26)(H,27,28). The van der Waals surface area contributed by atoms with Crippen LogP contribution in [0.25, 0.3) is 11.0 Å². The normalized spacial score (nSPS) is 14.8. The van der Waals surface area contributed by atoms with E-state index in [2.05, 4.69) is 47.1 Å². The van der Waals surface area contributed by atoms with Crippen molar-refractivity contribution in [1.29, 1.82) is 0 Å². The first-order chi connectivity index (χ1) is 14.8. The molecule has 0 bridgehead atoms. The third-order valence-electron chi connectivity index (χ3n) is 6.08. The van der Waals surface area contributed by atoms with E-state index in [0.717, 1.165) is 52.5 Å². The van der Waals surface area contributed by atoms with Crippen LogP contribution in [0.15, 0.2) is 41.6 Å². The summed E-state index contributed by atoms with van der Waals surface area (Å²) in [6, 6.07) is 12.4. The quantitative estimate of drug-likeness (QED) is 0.328. The lowest BCUT2D eigenvalue weighted by Gasteiger charge is -2.26. The van der Waals surface area contributed by atoms with E-state index in [1.54, 1.807) is 11.8 Å². The van der Waals surface area contributed by atoms with Crippen molar-refractivity contribution in [2.75, 3.05) is 5.32 Å². The molecule has 164 valence electrons. The number of fused-ring (bicyclic) bond motifs is 2. The molecule has 0 saturated carbocycles. The van der Waals surface area contributed by atoms with Crippen molar-refractivity contribution in [2.45, 2.75) is 68.9 Å². The average Bonchev–Trinajstić information content (AvgIpc) is 3.15. The fraction of sp³-hybridized carbons (Fsp3) is 0.417. The number of aromatic amines is 1. The minimum absolute atomic E-state index is 0.0413. The summed E-state index contributed by atoms with van der Waals surface area (Å²) in [5.74, 6) is 0.728. The number of H-pyrrole nitrogens is 1. The molecule has 2 aromatic carbocycles. The van der Waals surface area contributed by atoms with Gasteiger partial charge in [-0.3, -0.25) is 5.32 Å². The van der Waals surface area contributed by atoms with Gasteiger partial charge in [0.05, 0.1) is 30.5 Å². The first-order valence-electron chi connectivity index (χ1n) is 11.0. The molecule has 3 aromatic rings. The Kier molecular flexibility index (Phi) is 6.43. The van der Waals surface area contributed by atoms with Gasteiger partial charge in [0.2, 0.25) is 0 Å². The predicted octanol–water partition coefficient (Wildman–Crippen LogP) is 6.55. The lowest BCUT2D eigenvalue weighted by molar-refractivity contribution is 0.150. The van der Waals surface area contributed by atoms with Crippen LogP contribution in [0, 0.1) is 0 Å². The van der Waals surface area contributed by atoms with Gasteiger partial charge in [-0.25, -0.2) is 9.78 Å². The van der Waals surface area contributed by atoms with E-state index in [4.69, 9.17) is 4.74 Å². The number of thioether (sulfide) groups is 1. The van der Waals surface area contributed by atoms with Crippen molar-refractivity contribution >= 4 is 42.6 Å². The van der Waals surface area contributed by atoms with Gasteiger partial charge in [0, 0.05) is 5.75 Å². The number of hydrogen-bond donors (Lipinski definition) is 2. The van der Waals surface area contributed by atoms with Crippen molar-refractivity contribution in [3.8, 4) is 0 Å². The summed E-state index contributed by atoms with van der Waals surface area (Å²) >= 11 is 1.66. The van der Waals surface area contributed by atoms with Crippen molar-refractivity contribution < 1.29 is 9.53 Å². The first kappa shape index (κ1) is 22.0. The van der Waals surface area contributed by atoms with Crippen LogP contribution in [0.5, 0.6) is 0 Å². The van der Waals surface area contributed by atoms with E-state index in [9.17, 15) is 4.79 Å². The molecule has 0 radical (unpaired) electrons. The number of ether oxygens (including phenoxy) is 1. The average molecular weight is 454 g/mol. The van der Waals surface area contributed by atoms with E-state index in [-0.39, 0.29) is 11.8 Å². The Labute approximate surface area is 189 Å². The molecule has 1 heterocycles. The molecule has 0 aliphatic heterocycles. The zero-order chi connectivity index (χ0) is 22.0. The number of rotatable bonds is 6. The molecule has 0 fully saturated rings. The second-order valence-corrected chi connectivity index (χ2v) is 15.8. The smallest absolute Gasteiger partial charge is 0.411 e. The SMILES string of the molecule is CC(OC(=O)Nc1c(CSc2nc3ccccc3[nH]2)ccc2c1CCCC2)[Si](C)(C)C. The monoisotopic (exact) mass is 453 g/mol. The van der Waals surface area contributed by atoms with Gasteiger partial charge in [0.25, 0.3) is 0 Å². The highest BCUT2D eigenvalue weighted by Gasteiger charge is 2.27. The molecule has 1 aliphatic carbocycles. The molecule has 0 spiro atoms. The van der Waals surface area contributed by atoms with Gasteiger partial charge < -0.3 is 9.72 Å². The summed E-state index contributed by atoms with van der Waals surface area (Å²) in [7, 11) is -1.56. The Morgan fingerprint density at radius 1 is 1.19 bits per heavy atom. The minimum atomic E-state index is -1.56. The molecule has 0 saturated heterocycles. The van der Waals surface area contributed by atoms with Crippen LogP contribution in [0.1, 0.15) is 36.5 Å². The van der Waals surface area contributed by atoms with Gasteiger partial charge in [0.15, 0.2) is 5.16 Å². The molecule has 5 nitrogen and oxygen atoms in total. The number of benzene rings is 2. The van der Waals surface area contributed by atoms with E-state index in [1.807, 2.05) is 31.2 Å². The molecular weight excluding hydrogens is 422 g/mol. The number of carbonyl (C=O) groups is 1. The van der Waals surface area contributed by atoms with E-state index >= 15 is 0 Å². The Balaban J connectivity index is 1.56. The maximum atomic E-state index is 12.8. The number of aromatic nitrogens is 2. The molecule has 7 heteroatoms. The van der Waals surface area contributed by atoms with Crippen LogP contribution in [0.4, 0.5) is 10.5 Å². The predicted molar refractivity (Wildman–Crippen MR) is 132 cm³/mol. The fourth-order valence-electron chi connectivity index (χ4n) is 3.77. The summed E-state index contributed by atoms with van der Waals surface area (Å²) in [6.45, 7) is 8.64. The number of anilines is 1. The Hall–Kier alpha value is -2.25. The van der Waals surface area contributed by atoms with Crippen molar-refractivity contribution in [1.82, 2.24) is 9.97 Å². The lowest BCUT2D eigenvalue weighted by Crippen LogP contribution is -2.40. The Bertz CT molecular complexity index is 1060. The molecular formula is C24H31N3O2SSi. The minimum Gasteiger partial charge on any atom is -0.450 e. The highest BCUT2D eigenvalue weighted by Crippen LogP contribution is 2.34. The second kappa shape index (κ2) is 9.08. The second-order valence-electron chi connectivity index (χ2n) is 9.33. The van der Waals surface area contributed by atoms with Crippen molar-refractivity contribution in [3.05, 3.63) is 53.1 Å². The molecule has 1 unspecified atom stereocenters. The zero-order valence-corrected chi connectivity index (χ0v) is 20.6. The fourth-order valence-corrected chi connectivity index (χ4v) is 5.10. The summed E-state index contributed by atoms with van der Waals surface area (Å²) in [5.41, 5.74) is 6.64. The third kappa shape index (κ3) is 5.15. The summed E-state index contributed by atoms with van der Waals surface area (Å²) in [5, 5.41) is 4.01. The maximum Gasteiger partial charge on any atom is 0.411 e. The molecule has 1 aromatic heterocycles. The van der Waals surface area contributed by atoms with Gasteiger partial charge >= 0.3 is 6.09 Å². The number of hydrogen-bond acceptors (Lipinski definition) is 4. The van der Waals surface area contributed by atoms with Gasteiger partial charge in [-0.15, -0.1) is 0 Å². The Morgan fingerprint density at radius 3 is 2.74 bits per heavy atom. The molecule has 1 aliphatic rings. The van der Waals surface area contributed by atoms with Crippen LogP contribution >= 0.6 is 11.8 Å². The van der Waals surface area contributed by atoms with Gasteiger partial charge in [-0.05, 0) is 61.4 Å². The summed E-state index contributed by atoms with van der Waals surface area (Å²) in [6.07, 6.45) is 4.08. The van der Waals surface area contributed by atoms with Gasteiger partial charge in [0.1, 0.15) is 0 Å². The number of nitrogens with zero attached hydrogens (tertiary/aromatic N) is 1. The number of aryl methyl sites for hydroxylation is 1. The molecule has 1 amide bonds. The van der Waals surface area contributed by atoms with Crippen molar-refractivity contribution in [3.63, 3.8) is 0 Å². The van der Waals surface area contributed by atoms with Crippen LogP contribution in [-0.2, 0) is 23.3 Å². The number of amides is 1. The lowest BCUT2D eigenvalue weighted by atomic mass is 9.89. The van der Waals surface area contributed by atoms with Gasteiger partial charge in [-0.2, -0.15) is 0 Å². The van der Waals surface area contributed by atoms with Crippen LogP contribution in [0.2, 0.25) is 19.6 Å². The topological polar surface area (TPSA) is 67.0 Å². The zero-order valence-electron chi connectivity index (χ0n) is 18.7.